The molecule has 1 saturated heterocycles. The molecule has 1 aromatic rings. The van der Waals surface area contributed by atoms with E-state index in [1.165, 1.54) is 10.4 Å². The summed E-state index contributed by atoms with van der Waals surface area (Å²) in [5.74, 6) is 0. The van der Waals surface area contributed by atoms with Gasteiger partial charge in [-0.2, -0.15) is 4.31 Å². The van der Waals surface area contributed by atoms with Gasteiger partial charge in [-0.3, -0.25) is 10.1 Å². The van der Waals surface area contributed by atoms with E-state index in [2.05, 4.69) is 0 Å². The SMILES string of the molecule is Cc1cc(N)c([N+](=O)[O-])cc1S(=O)(=O)N1CCOC(C)C1. The molecule has 2 rings (SSSR count). The average Bonchev–Trinajstić information content (AvgIpc) is 2.37. The van der Waals surface area contributed by atoms with E-state index in [-0.39, 0.29) is 29.8 Å². The number of nitro benzene ring substituents is 1. The largest absolute Gasteiger partial charge is 0.393 e. The van der Waals surface area contributed by atoms with Gasteiger partial charge in [-0.1, -0.05) is 0 Å². The number of nitrogen functional groups attached to an aromatic ring is 1. The predicted octanol–water partition coefficient (Wildman–Crippen LogP) is 0.895. The molecular weight excluding hydrogens is 298 g/mol. The molecule has 1 aromatic carbocycles. The van der Waals surface area contributed by atoms with Crippen LogP contribution in [-0.4, -0.2) is 43.4 Å². The summed E-state index contributed by atoms with van der Waals surface area (Å²) >= 11 is 0. The molecule has 0 amide bonds. The van der Waals surface area contributed by atoms with Crippen LogP contribution in [0.5, 0.6) is 0 Å². The van der Waals surface area contributed by atoms with Gasteiger partial charge in [-0.15, -0.1) is 0 Å². The molecule has 8 nitrogen and oxygen atoms in total. The summed E-state index contributed by atoms with van der Waals surface area (Å²) in [5.41, 5.74) is 5.50. The molecule has 0 radical (unpaired) electrons. The van der Waals surface area contributed by atoms with Crippen LogP contribution >= 0.6 is 0 Å². The molecular formula is C12H17N3O5S. The van der Waals surface area contributed by atoms with Crippen molar-refractivity contribution in [3.63, 3.8) is 0 Å². The Morgan fingerprint density at radius 2 is 2.14 bits per heavy atom. The molecule has 0 aliphatic carbocycles. The Morgan fingerprint density at radius 1 is 1.48 bits per heavy atom. The lowest BCUT2D eigenvalue weighted by Crippen LogP contribution is -2.44. The van der Waals surface area contributed by atoms with Crippen LogP contribution in [0.1, 0.15) is 12.5 Å². The van der Waals surface area contributed by atoms with Gasteiger partial charge in [-0.25, -0.2) is 8.42 Å². The van der Waals surface area contributed by atoms with E-state index in [9.17, 15) is 18.5 Å². The van der Waals surface area contributed by atoms with E-state index in [0.29, 0.717) is 12.2 Å². The van der Waals surface area contributed by atoms with Crippen LogP contribution < -0.4 is 5.73 Å². The first-order valence-corrected chi connectivity index (χ1v) is 7.83. The van der Waals surface area contributed by atoms with Crippen LogP contribution in [0.2, 0.25) is 0 Å². The molecule has 0 aromatic heterocycles. The highest BCUT2D eigenvalue weighted by molar-refractivity contribution is 7.89. The van der Waals surface area contributed by atoms with Gasteiger partial charge in [0.2, 0.25) is 10.0 Å². The zero-order valence-corrected chi connectivity index (χ0v) is 12.6. The second-order valence-corrected chi connectivity index (χ2v) is 6.88. The fourth-order valence-corrected chi connectivity index (χ4v) is 4.01. The van der Waals surface area contributed by atoms with Crippen LogP contribution in [0.4, 0.5) is 11.4 Å². The first kappa shape index (κ1) is 15.7. The standard InChI is InChI=1S/C12H17N3O5S/c1-8-5-10(13)11(15(16)17)6-12(8)21(18,19)14-3-4-20-9(2)7-14/h5-6,9H,3-4,7,13H2,1-2H3. The summed E-state index contributed by atoms with van der Waals surface area (Å²) in [4.78, 5) is 10.2. The number of nitro groups is 1. The molecule has 21 heavy (non-hydrogen) atoms. The normalized spacial score (nSPS) is 20.4. The zero-order valence-electron chi connectivity index (χ0n) is 11.8. The number of hydrogen-bond acceptors (Lipinski definition) is 6. The Bertz CT molecular complexity index is 674. The van der Waals surface area contributed by atoms with Gasteiger partial charge in [0.25, 0.3) is 5.69 Å². The lowest BCUT2D eigenvalue weighted by atomic mass is 10.2. The van der Waals surface area contributed by atoms with Crippen molar-refractivity contribution < 1.29 is 18.1 Å². The fraction of sp³-hybridized carbons (Fsp3) is 0.500. The first-order chi connectivity index (χ1) is 9.73. The monoisotopic (exact) mass is 315 g/mol. The fourth-order valence-electron chi connectivity index (χ4n) is 2.28. The van der Waals surface area contributed by atoms with E-state index >= 15 is 0 Å². The van der Waals surface area contributed by atoms with Gasteiger partial charge in [0.1, 0.15) is 5.69 Å². The van der Waals surface area contributed by atoms with Crippen molar-refractivity contribution in [2.75, 3.05) is 25.4 Å². The van der Waals surface area contributed by atoms with Gasteiger partial charge < -0.3 is 10.5 Å². The minimum atomic E-state index is -3.81. The third kappa shape index (κ3) is 2.99. The maximum Gasteiger partial charge on any atom is 0.293 e. The lowest BCUT2D eigenvalue weighted by Gasteiger charge is -2.30. The highest BCUT2D eigenvalue weighted by atomic mass is 32.2. The number of sulfonamides is 1. The molecule has 116 valence electrons. The Hall–Kier alpha value is -1.71. The summed E-state index contributed by atoms with van der Waals surface area (Å²) < 4.78 is 31.9. The minimum absolute atomic E-state index is 0.0493. The number of anilines is 1. The van der Waals surface area contributed by atoms with Crippen LogP contribution in [0.15, 0.2) is 17.0 Å². The van der Waals surface area contributed by atoms with Gasteiger partial charge in [0.15, 0.2) is 0 Å². The molecule has 2 N–H and O–H groups in total. The Labute approximate surface area is 122 Å². The van der Waals surface area contributed by atoms with E-state index < -0.39 is 20.6 Å². The number of benzene rings is 1. The number of ether oxygens (including phenoxy) is 1. The minimum Gasteiger partial charge on any atom is -0.393 e. The van der Waals surface area contributed by atoms with Gasteiger partial charge in [0, 0.05) is 19.2 Å². The Balaban J connectivity index is 2.49. The summed E-state index contributed by atoms with van der Waals surface area (Å²) in [7, 11) is -3.81. The summed E-state index contributed by atoms with van der Waals surface area (Å²) in [6, 6.07) is 2.34. The second-order valence-electron chi connectivity index (χ2n) is 4.98. The van der Waals surface area contributed by atoms with Crippen molar-refractivity contribution in [2.24, 2.45) is 0 Å². The number of nitrogens with two attached hydrogens (primary N) is 1. The van der Waals surface area contributed by atoms with E-state index in [1.807, 2.05) is 0 Å². The van der Waals surface area contributed by atoms with Crippen molar-refractivity contribution >= 4 is 21.4 Å². The topological polar surface area (TPSA) is 116 Å². The quantitative estimate of drug-likeness (QED) is 0.503. The van der Waals surface area contributed by atoms with E-state index in [4.69, 9.17) is 10.5 Å². The summed E-state index contributed by atoms with van der Waals surface area (Å²) in [6.07, 6.45) is -0.211. The number of rotatable bonds is 3. The van der Waals surface area contributed by atoms with Crippen LogP contribution in [0, 0.1) is 17.0 Å². The molecule has 1 aliphatic heterocycles. The van der Waals surface area contributed by atoms with Gasteiger partial charge in [-0.05, 0) is 25.5 Å². The number of aryl methyl sites for hydroxylation is 1. The maximum atomic E-state index is 12.6. The van der Waals surface area contributed by atoms with Crippen LogP contribution in [0.3, 0.4) is 0 Å². The average molecular weight is 315 g/mol. The number of nitrogens with zero attached hydrogens (tertiary/aromatic N) is 2. The molecule has 1 unspecified atom stereocenters. The van der Waals surface area contributed by atoms with Crippen molar-refractivity contribution in [3.8, 4) is 0 Å². The second kappa shape index (κ2) is 5.58. The smallest absolute Gasteiger partial charge is 0.293 e. The summed E-state index contributed by atoms with van der Waals surface area (Å²) in [5, 5.41) is 10.9. The van der Waals surface area contributed by atoms with Gasteiger partial charge >= 0.3 is 0 Å². The third-order valence-corrected chi connectivity index (χ3v) is 5.35. The summed E-state index contributed by atoms with van der Waals surface area (Å²) in [6.45, 7) is 4.09. The molecule has 0 bridgehead atoms. The molecule has 1 aliphatic rings. The van der Waals surface area contributed by atoms with E-state index in [1.54, 1.807) is 13.8 Å². The molecule has 1 fully saturated rings. The Kier molecular flexibility index (Phi) is 4.17. The van der Waals surface area contributed by atoms with E-state index in [0.717, 1.165) is 6.07 Å². The van der Waals surface area contributed by atoms with Crippen molar-refractivity contribution in [2.45, 2.75) is 24.8 Å². The Morgan fingerprint density at radius 3 is 2.71 bits per heavy atom. The first-order valence-electron chi connectivity index (χ1n) is 6.39. The molecule has 0 spiro atoms. The number of hydrogen-bond donors (Lipinski definition) is 1. The molecule has 1 heterocycles. The maximum absolute atomic E-state index is 12.6. The molecule has 0 saturated carbocycles. The van der Waals surface area contributed by atoms with Crippen molar-refractivity contribution in [1.29, 1.82) is 0 Å². The number of morpholine rings is 1. The lowest BCUT2D eigenvalue weighted by molar-refractivity contribution is -0.384. The predicted molar refractivity (Wildman–Crippen MR) is 76.4 cm³/mol. The van der Waals surface area contributed by atoms with Crippen LogP contribution in [0.25, 0.3) is 0 Å². The molecule has 1 atom stereocenters. The molecule has 9 heteroatoms. The van der Waals surface area contributed by atoms with Gasteiger partial charge in [0.05, 0.1) is 22.5 Å². The van der Waals surface area contributed by atoms with Crippen molar-refractivity contribution in [3.05, 3.63) is 27.8 Å². The zero-order chi connectivity index (χ0) is 15.8. The third-order valence-electron chi connectivity index (χ3n) is 3.34. The van der Waals surface area contributed by atoms with Crippen LogP contribution in [-0.2, 0) is 14.8 Å². The highest BCUT2D eigenvalue weighted by Gasteiger charge is 2.32. The van der Waals surface area contributed by atoms with Crippen molar-refractivity contribution in [1.82, 2.24) is 4.31 Å². The highest BCUT2D eigenvalue weighted by Crippen LogP contribution is 2.30.